The van der Waals surface area contributed by atoms with Crippen LogP contribution < -0.4 is 5.32 Å². The van der Waals surface area contributed by atoms with E-state index in [1.807, 2.05) is 13.8 Å². The molecule has 18 heavy (non-hydrogen) atoms. The molecule has 1 aliphatic rings. The molecule has 6 nitrogen and oxygen atoms in total. The molecule has 1 fully saturated rings. The maximum Gasteiger partial charge on any atom is 0.332 e. The summed E-state index contributed by atoms with van der Waals surface area (Å²) in [5.41, 5.74) is 0.898. The molecule has 6 heteroatoms. The summed E-state index contributed by atoms with van der Waals surface area (Å²) in [6.45, 7) is 4.93. The van der Waals surface area contributed by atoms with Crippen LogP contribution in [0.2, 0.25) is 0 Å². The lowest BCUT2D eigenvalue weighted by molar-refractivity contribution is -0.149. The summed E-state index contributed by atoms with van der Waals surface area (Å²) >= 11 is 0. The molecule has 0 radical (unpaired) electrons. The largest absolute Gasteiger partial charge is 0.479 e. The molecular formula is C12H18N2O4. The smallest absolute Gasteiger partial charge is 0.332 e. The van der Waals surface area contributed by atoms with Gasteiger partial charge in [-0.2, -0.15) is 0 Å². The minimum Gasteiger partial charge on any atom is -0.479 e. The molecule has 1 aromatic rings. The van der Waals surface area contributed by atoms with Gasteiger partial charge in [0, 0.05) is 6.54 Å². The van der Waals surface area contributed by atoms with Gasteiger partial charge in [0.1, 0.15) is 5.76 Å². The summed E-state index contributed by atoms with van der Waals surface area (Å²) in [5.74, 6) is 0.601. The number of carbonyl (C=O) groups is 1. The Balaban J connectivity index is 1.72. The van der Waals surface area contributed by atoms with Gasteiger partial charge < -0.3 is 19.6 Å². The molecule has 2 unspecified atom stereocenters. The zero-order chi connectivity index (χ0) is 13.1. The Morgan fingerprint density at radius 2 is 2.28 bits per heavy atom. The van der Waals surface area contributed by atoms with E-state index in [1.165, 1.54) is 0 Å². The molecule has 100 valence electrons. The van der Waals surface area contributed by atoms with Crippen LogP contribution in [0.5, 0.6) is 0 Å². The van der Waals surface area contributed by atoms with Crippen LogP contribution in [0, 0.1) is 13.8 Å². The molecule has 0 aromatic carbocycles. The number of hydrogen-bond donors (Lipinski definition) is 2. The van der Waals surface area contributed by atoms with Crippen LogP contribution in [-0.2, 0) is 16.1 Å². The first kappa shape index (κ1) is 13.0. The number of rotatable bonds is 5. The van der Waals surface area contributed by atoms with Crippen LogP contribution in [-0.4, -0.2) is 34.8 Å². The molecule has 0 amide bonds. The van der Waals surface area contributed by atoms with E-state index in [9.17, 15) is 4.79 Å². The van der Waals surface area contributed by atoms with Gasteiger partial charge in [-0.3, -0.25) is 0 Å². The fraction of sp³-hybridized carbons (Fsp3) is 0.667. The molecule has 0 spiro atoms. The molecule has 2 rings (SSSR count). The van der Waals surface area contributed by atoms with E-state index < -0.39 is 12.1 Å². The highest BCUT2D eigenvalue weighted by Gasteiger charge is 2.29. The number of nitrogens with zero attached hydrogens (tertiary/aromatic N) is 1. The van der Waals surface area contributed by atoms with Gasteiger partial charge in [0.2, 0.25) is 5.89 Å². The number of oxazole rings is 1. The molecule has 2 atom stereocenters. The zero-order valence-corrected chi connectivity index (χ0v) is 10.6. The van der Waals surface area contributed by atoms with Crippen molar-refractivity contribution in [2.45, 2.75) is 45.4 Å². The highest BCUT2D eigenvalue weighted by molar-refractivity contribution is 5.72. The van der Waals surface area contributed by atoms with E-state index in [2.05, 4.69) is 10.3 Å². The fourth-order valence-electron chi connectivity index (χ4n) is 1.99. The van der Waals surface area contributed by atoms with Crippen molar-refractivity contribution in [3.05, 3.63) is 17.3 Å². The SMILES string of the molecule is Cc1nc(CNCC2CCC(C(=O)O)O2)oc1C. The van der Waals surface area contributed by atoms with Crippen LogP contribution in [0.1, 0.15) is 30.2 Å². The summed E-state index contributed by atoms with van der Waals surface area (Å²) in [6, 6.07) is 0. The lowest BCUT2D eigenvalue weighted by atomic mass is 10.2. The zero-order valence-electron chi connectivity index (χ0n) is 10.6. The number of aromatic nitrogens is 1. The van der Waals surface area contributed by atoms with Gasteiger partial charge in [0.15, 0.2) is 6.10 Å². The van der Waals surface area contributed by atoms with Crippen molar-refractivity contribution in [3.8, 4) is 0 Å². The van der Waals surface area contributed by atoms with Crippen molar-refractivity contribution in [1.82, 2.24) is 10.3 Å². The predicted molar refractivity (Wildman–Crippen MR) is 63.2 cm³/mol. The summed E-state index contributed by atoms with van der Waals surface area (Å²) in [5, 5.41) is 12.0. The second-order valence-electron chi connectivity index (χ2n) is 4.54. The third-order valence-corrected chi connectivity index (χ3v) is 3.10. The number of carboxylic acids is 1. The summed E-state index contributed by atoms with van der Waals surface area (Å²) < 4.78 is 10.8. The van der Waals surface area contributed by atoms with Crippen LogP contribution in [0.25, 0.3) is 0 Å². The first-order valence-electron chi connectivity index (χ1n) is 6.08. The van der Waals surface area contributed by atoms with Crippen molar-refractivity contribution < 1.29 is 19.1 Å². The Labute approximate surface area is 105 Å². The average molecular weight is 254 g/mol. The first-order chi connectivity index (χ1) is 8.56. The third-order valence-electron chi connectivity index (χ3n) is 3.10. The monoisotopic (exact) mass is 254 g/mol. The van der Waals surface area contributed by atoms with Gasteiger partial charge in [-0.05, 0) is 26.7 Å². The summed E-state index contributed by atoms with van der Waals surface area (Å²) in [4.78, 5) is 15.0. The van der Waals surface area contributed by atoms with Gasteiger partial charge in [0.05, 0.1) is 18.3 Å². The standard InChI is InChI=1S/C12H18N2O4/c1-7-8(2)17-11(14-7)6-13-5-9-3-4-10(18-9)12(15)16/h9-10,13H,3-6H2,1-2H3,(H,15,16). The summed E-state index contributed by atoms with van der Waals surface area (Å²) in [6.07, 6.45) is 0.665. The van der Waals surface area contributed by atoms with Crippen molar-refractivity contribution in [2.24, 2.45) is 0 Å². The van der Waals surface area contributed by atoms with E-state index in [0.717, 1.165) is 17.9 Å². The molecule has 1 aromatic heterocycles. The fourth-order valence-corrected chi connectivity index (χ4v) is 1.99. The Kier molecular flexibility index (Phi) is 3.98. The van der Waals surface area contributed by atoms with Gasteiger partial charge in [-0.25, -0.2) is 9.78 Å². The molecule has 2 heterocycles. The number of aliphatic carboxylic acids is 1. The van der Waals surface area contributed by atoms with Gasteiger partial charge in [-0.1, -0.05) is 0 Å². The summed E-state index contributed by atoms with van der Waals surface area (Å²) in [7, 11) is 0. The normalized spacial score (nSPS) is 23.4. The van der Waals surface area contributed by atoms with Crippen molar-refractivity contribution in [3.63, 3.8) is 0 Å². The number of nitrogens with one attached hydrogen (secondary N) is 1. The average Bonchev–Trinajstić information content (AvgIpc) is 2.88. The Hall–Kier alpha value is -1.40. The molecule has 0 aliphatic carbocycles. The van der Waals surface area contributed by atoms with E-state index in [0.29, 0.717) is 25.4 Å². The number of carboxylic acid groups (broad SMARTS) is 1. The Morgan fingerprint density at radius 3 is 2.83 bits per heavy atom. The Morgan fingerprint density at radius 1 is 1.50 bits per heavy atom. The lowest BCUT2D eigenvalue weighted by Gasteiger charge is -2.11. The van der Waals surface area contributed by atoms with Crippen molar-refractivity contribution in [1.29, 1.82) is 0 Å². The van der Waals surface area contributed by atoms with Crippen molar-refractivity contribution in [2.75, 3.05) is 6.54 Å². The molecule has 2 N–H and O–H groups in total. The second kappa shape index (κ2) is 5.49. The van der Waals surface area contributed by atoms with E-state index >= 15 is 0 Å². The predicted octanol–water partition coefficient (Wildman–Crippen LogP) is 1.01. The van der Waals surface area contributed by atoms with Crippen LogP contribution >= 0.6 is 0 Å². The van der Waals surface area contributed by atoms with Crippen LogP contribution in [0.15, 0.2) is 4.42 Å². The molecular weight excluding hydrogens is 236 g/mol. The first-order valence-corrected chi connectivity index (χ1v) is 6.08. The Bertz CT molecular complexity index is 410. The van der Waals surface area contributed by atoms with E-state index in [1.54, 1.807) is 0 Å². The van der Waals surface area contributed by atoms with Crippen molar-refractivity contribution >= 4 is 5.97 Å². The van der Waals surface area contributed by atoms with Gasteiger partial charge in [-0.15, -0.1) is 0 Å². The van der Waals surface area contributed by atoms with E-state index in [4.69, 9.17) is 14.3 Å². The maximum atomic E-state index is 10.7. The number of aryl methyl sites for hydroxylation is 2. The highest BCUT2D eigenvalue weighted by atomic mass is 16.5. The molecule has 0 bridgehead atoms. The molecule has 1 aliphatic heterocycles. The van der Waals surface area contributed by atoms with E-state index in [-0.39, 0.29) is 6.10 Å². The minimum absolute atomic E-state index is 0.0387. The topological polar surface area (TPSA) is 84.6 Å². The minimum atomic E-state index is -0.878. The quantitative estimate of drug-likeness (QED) is 0.816. The third kappa shape index (κ3) is 3.08. The van der Waals surface area contributed by atoms with Crippen LogP contribution in [0.3, 0.4) is 0 Å². The number of ether oxygens (including phenoxy) is 1. The molecule has 0 saturated carbocycles. The van der Waals surface area contributed by atoms with Gasteiger partial charge >= 0.3 is 5.97 Å². The lowest BCUT2D eigenvalue weighted by Crippen LogP contribution is -2.28. The van der Waals surface area contributed by atoms with Gasteiger partial charge in [0.25, 0.3) is 0 Å². The molecule has 1 saturated heterocycles. The number of hydrogen-bond acceptors (Lipinski definition) is 5. The van der Waals surface area contributed by atoms with Crippen LogP contribution in [0.4, 0.5) is 0 Å². The highest BCUT2D eigenvalue weighted by Crippen LogP contribution is 2.19. The maximum absolute atomic E-state index is 10.7. The second-order valence-corrected chi connectivity index (χ2v) is 4.54.